The van der Waals surface area contributed by atoms with Gasteiger partial charge in [0.2, 0.25) is 0 Å². The zero-order chi connectivity index (χ0) is 16.9. The lowest BCUT2D eigenvalue weighted by molar-refractivity contribution is 0.231. The minimum atomic E-state index is -0.202. The Morgan fingerprint density at radius 2 is 2.12 bits per heavy atom. The number of rotatable bonds is 5. The van der Waals surface area contributed by atoms with Gasteiger partial charge in [-0.2, -0.15) is 5.10 Å². The van der Waals surface area contributed by atoms with E-state index in [-0.39, 0.29) is 5.82 Å². The number of likely N-dealkylation sites (tertiary alicyclic amines) is 1. The summed E-state index contributed by atoms with van der Waals surface area (Å²) in [5, 5.41) is 7.38. The van der Waals surface area contributed by atoms with Crippen LogP contribution in [0, 0.1) is 11.7 Å². The van der Waals surface area contributed by atoms with E-state index in [0.717, 1.165) is 49.3 Å². The van der Waals surface area contributed by atoms with Crippen LogP contribution in [0.25, 0.3) is 11.1 Å². The number of nitrogens with zero attached hydrogens (tertiary/aromatic N) is 2. The average Bonchev–Trinajstić information content (AvgIpc) is 3.05. The second-order valence-electron chi connectivity index (χ2n) is 6.95. The maximum absolute atomic E-state index is 13.5. The van der Waals surface area contributed by atoms with Crippen LogP contribution in [0.15, 0.2) is 42.6 Å². The van der Waals surface area contributed by atoms with Gasteiger partial charge in [0.25, 0.3) is 0 Å². The first kappa shape index (κ1) is 16.9. The van der Waals surface area contributed by atoms with Crippen molar-refractivity contribution in [2.24, 2.45) is 5.92 Å². The van der Waals surface area contributed by atoms with Gasteiger partial charge in [-0.05, 0) is 49.5 Å². The Hall–Kier alpha value is -1.94. The van der Waals surface area contributed by atoms with Crippen molar-refractivity contribution < 1.29 is 4.39 Å². The van der Waals surface area contributed by atoms with E-state index in [4.69, 9.17) is 0 Å². The summed E-state index contributed by atoms with van der Waals surface area (Å²) in [5.74, 6) is 0.879. The topological polar surface area (TPSA) is 31.9 Å². The van der Waals surface area contributed by atoms with Crippen LogP contribution in [0.1, 0.15) is 38.3 Å². The maximum Gasteiger partial charge on any atom is 0.123 e. The van der Waals surface area contributed by atoms with Gasteiger partial charge in [0.15, 0.2) is 0 Å². The molecule has 0 radical (unpaired) electrons. The van der Waals surface area contributed by atoms with E-state index in [9.17, 15) is 4.39 Å². The molecule has 0 atom stereocenters. The quantitative estimate of drug-likeness (QED) is 0.813. The molecule has 3 rings (SSSR count). The summed E-state index contributed by atoms with van der Waals surface area (Å²) in [4.78, 5) is 2.49. The molecule has 128 valence electrons. The third kappa shape index (κ3) is 4.12. The van der Waals surface area contributed by atoms with Crippen LogP contribution >= 0.6 is 0 Å². The molecule has 1 saturated heterocycles. The van der Waals surface area contributed by atoms with Crippen molar-refractivity contribution >= 4 is 0 Å². The Morgan fingerprint density at radius 3 is 2.83 bits per heavy atom. The lowest BCUT2D eigenvalue weighted by Gasteiger charge is -2.31. The van der Waals surface area contributed by atoms with Gasteiger partial charge in [-0.1, -0.05) is 38.1 Å². The lowest BCUT2D eigenvalue weighted by atomic mass is 9.89. The molecule has 0 saturated carbocycles. The molecule has 0 bridgehead atoms. The molecule has 1 N–H and O–H groups in total. The fourth-order valence-corrected chi connectivity index (χ4v) is 3.38. The van der Waals surface area contributed by atoms with E-state index in [1.54, 1.807) is 12.1 Å². The van der Waals surface area contributed by atoms with Gasteiger partial charge in [-0.15, -0.1) is 0 Å². The highest BCUT2D eigenvalue weighted by atomic mass is 19.1. The average molecular weight is 327 g/mol. The summed E-state index contributed by atoms with van der Waals surface area (Å²) in [6, 6.07) is 6.76. The highest BCUT2D eigenvalue weighted by Crippen LogP contribution is 2.33. The Kier molecular flexibility index (Phi) is 5.46. The highest BCUT2D eigenvalue weighted by Gasteiger charge is 2.24. The second kappa shape index (κ2) is 7.75. The first-order valence-corrected chi connectivity index (χ1v) is 8.81. The van der Waals surface area contributed by atoms with Crippen molar-refractivity contribution in [2.45, 2.75) is 32.6 Å². The number of allylic oxidation sites excluding steroid dienone is 1. The molecule has 2 heterocycles. The number of aromatic nitrogens is 2. The Labute approximate surface area is 143 Å². The van der Waals surface area contributed by atoms with E-state index < -0.39 is 0 Å². The summed E-state index contributed by atoms with van der Waals surface area (Å²) in [6.07, 6.45) is 8.59. The molecule has 0 unspecified atom stereocenters. The number of piperidine rings is 1. The smallest absolute Gasteiger partial charge is 0.123 e. The minimum Gasteiger partial charge on any atom is -0.300 e. The Bertz CT molecular complexity index is 682. The summed E-state index contributed by atoms with van der Waals surface area (Å²) in [7, 11) is 0. The largest absolute Gasteiger partial charge is 0.300 e. The molecule has 4 heteroatoms. The van der Waals surface area contributed by atoms with Crippen molar-refractivity contribution in [1.82, 2.24) is 15.1 Å². The van der Waals surface area contributed by atoms with E-state index in [1.807, 2.05) is 12.3 Å². The van der Waals surface area contributed by atoms with E-state index in [2.05, 4.69) is 41.1 Å². The predicted octanol–water partition coefficient (Wildman–Crippen LogP) is 4.61. The number of aromatic amines is 1. The number of nitrogens with one attached hydrogen (secondary N) is 1. The molecular weight excluding hydrogens is 301 g/mol. The normalized spacial score (nSPS) is 17.2. The van der Waals surface area contributed by atoms with Crippen molar-refractivity contribution in [3.63, 3.8) is 0 Å². The van der Waals surface area contributed by atoms with Crippen molar-refractivity contribution in [1.29, 1.82) is 0 Å². The van der Waals surface area contributed by atoms with Gasteiger partial charge in [0, 0.05) is 23.7 Å². The number of H-pyrrole nitrogens is 1. The van der Waals surface area contributed by atoms with Crippen LogP contribution in [0.2, 0.25) is 0 Å². The van der Waals surface area contributed by atoms with Crippen LogP contribution < -0.4 is 0 Å². The van der Waals surface area contributed by atoms with Crippen molar-refractivity contribution in [2.75, 3.05) is 19.6 Å². The molecule has 1 aliphatic rings. The van der Waals surface area contributed by atoms with Crippen LogP contribution in [-0.4, -0.2) is 34.7 Å². The van der Waals surface area contributed by atoms with Gasteiger partial charge in [0.1, 0.15) is 5.82 Å². The van der Waals surface area contributed by atoms with E-state index in [1.165, 1.54) is 6.07 Å². The minimum absolute atomic E-state index is 0.202. The molecule has 0 spiro atoms. The molecule has 24 heavy (non-hydrogen) atoms. The number of hydrogen-bond donors (Lipinski definition) is 1. The van der Waals surface area contributed by atoms with Crippen molar-refractivity contribution in [3.05, 3.63) is 54.1 Å². The number of hydrogen-bond acceptors (Lipinski definition) is 2. The summed E-state index contributed by atoms with van der Waals surface area (Å²) < 4.78 is 13.5. The first-order valence-electron chi connectivity index (χ1n) is 8.81. The van der Waals surface area contributed by atoms with Gasteiger partial charge in [0.05, 0.1) is 6.20 Å². The highest BCUT2D eigenvalue weighted by molar-refractivity contribution is 5.65. The van der Waals surface area contributed by atoms with Crippen molar-refractivity contribution in [3.8, 4) is 11.1 Å². The molecule has 3 nitrogen and oxygen atoms in total. The summed E-state index contributed by atoms with van der Waals surface area (Å²) in [5.41, 5.74) is 3.09. The van der Waals surface area contributed by atoms with E-state index in [0.29, 0.717) is 11.8 Å². The summed E-state index contributed by atoms with van der Waals surface area (Å²) >= 11 is 0. The third-order valence-electron chi connectivity index (χ3n) is 4.68. The maximum atomic E-state index is 13.5. The molecule has 0 aliphatic carbocycles. The Balaban J connectivity index is 1.64. The van der Waals surface area contributed by atoms with Crippen LogP contribution in [0.5, 0.6) is 0 Å². The molecule has 1 aromatic carbocycles. The fraction of sp³-hybridized carbons (Fsp3) is 0.450. The SMILES string of the molecule is CC(C)C=CCN1CCC(c2[nH]ncc2-c2cccc(F)c2)CC1. The van der Waals surface area contributed by atoms with Gasteiger partial charge in [-0.25, -0.2) is 4.39 Å². The number of halogens is 1. The zero-order valence-electron chi connectivity index (χ0n) is 14.5. The molecule has 1 aliphatic heterocycles. The molecule has 2 aromatic rings. The van der Waals surface area contributed by atoms with Crippen LogP contribution in [-0.2, 0) is 0 Å². The van der Waals surface area contributed by atoms with Crippen LogP contribution in [0.4, 0.5) is 4.39 Å². The predicted molar refractivity (Wildman–Crippen MR) is 96.4 cm³/mol. The molecule has 0 amide bonds. The molecule has 1 fully saturated rings. The number of benzene rings is 1. The summed E-state index contributed by atoms with van der Waals surface area (Å²) in [6.45, 7) is 7.62. The van der Waals surface area contributed by atoms with Crippen LogP contribution in [0.3, 0.4) is 0 Å². The Morgan fingerprint density at radius 1 is 1.33 bits per heavy atom. The van der Waals surface area contributed by atoms with Gasteiger partial charge in [-0.3, -0.25) is 10.00 Å². The molecule has 1 aromatic heterocycles. The third-order valence-corrected chi connectivity index (χ3v) is 4.68. The fourth-order valence-electron chi connectivity index (χ4n) is 3.38. The van der Waals surface area contributed by atoms with Gasteiger partial charge < -0.3 is 0 Å². The second-order valence-corrected chi connectivity index (χ2v) is 6.95. The first-order chi connectivity index (χ1) is 11.6. The standard InChI is InChI=1S/C20H26FN3/c1-15(2)5-4-10-24-11-8-16(9-12-24)20-19(14-22-23-20)17-6-3-7-18(21)13-17/h3-7,13-16H,8-12H2,1-2H3,(H,22,23). The monoisotopic (exact) mass is 327 g/mol. The molecular formula is C20H26FN3. The van der Waals surface area contributed by atoms with Gasteiger partial charge >= 0.3 is 0 Å². The lowest BCUT2D eigenvalue weighted by Crippen LogP contribution is -2.33. The van der Waals surface area contributed by atoms with E-state index >= 15 is 0 Å². The zero-order valence-corrected chi connectivity index (χ0v) is 14.5.